The highest BCUT2D eigenvalue weighted by Crippen LogP contribution is 2.25. The molecule has 1 N–H and O–H groups in total. The summed E-state index contributed by atoms with van der Waals surface area (Å²) in [5, 5.41) is 10.2. The fraction of sp³-hybridized carbons (Fsp3) is 0.409. The molecule has 0 saturated heterocycles. The Balaban J connectivity index is 1.89. The van der Waals surface area contributed by atoms with Crippen molar-refractivity contribution in [2.75, 3.05) is 6.61 Å². The molecule has 3 heteroatoms. The van der Waals surface area contributed by atoms with Crippen LogP contribution in [-0.4, -0.2) is 17.7 Å². The van der Waals surface area contributed by atoms with Crippen LogP contribution >= 0.6 is 0 Å². The maximum atomic E-state index is 11.9. The number of phenols is 1. The van der Waals surface area contributed by atoms with E-state index < -0.39 is 0 Å². The number of ether oxygens (including phenoxy) is 1. The van der Waals surface area contributed by atoms with Gasteiger partial charge in [0.15, 0.2) is 0 Å². The number of unbranched alkanes of at least 4 members (excludes halogenated alkanes) is 3. The van der Waals surface area contributed by atoms with Crippen molar-refractivity contribution in [1.82, 2.24) is 0 Å². The Labute approximate surface area is 150 Å². The van der Waals surface area contributed by atoms with Gasteiger partial charge in [-0.25, -0.2) is 0 Å². The monoisotopic (exact) mass is 340 g/mol. The van der Waals surface area contributed by atoms with Gasteiger partial charge in [0.05, 0.1) is 6.61 Å². The van der Waals surface area contributed by atoms with Crippen molar-refractivity contribution in [1.29, 1.82) is 0 Å². The van der Waals surface area contributed by atoms with E-state index in [1.807, 2.05) is 30.3 Å². The molecule has 134 valence electrons. The fourth-order valence-electron chi connectivity index (χ4n) is 2.91. The quantitative estimate of drug-likeness (QED) is 0.487. The number of hydrogen-bond acceptors (Lipinski definition) is 3. The normalized spacial score (nSPS) is 10.6. The first-order valence-electron chi connectivity index (χ1n) is 9.20. The molecule has 2 rings (SSSR count). The first-order chi connectivity index (χ1) is 12.2. The van der Waals surface area contributed by atoms with Crippen molar-refractivity contribution in [2.45, 2.75) is 51.9 Å². The average molecular weight is 340 g/mol. The van der Waals surface area contributed by atoms with E-state index in [9.17, 15) is 9.90 Å². The Bertz CT molecular complexity index is 650. The average Bonchev–Trinajstić information content (AvgIpc) is 2.62. The zero-order valence-corrected chi connectivity index (χ0v) is 15.0. The Kier molecular flexibility index (Phi) is 8.03. The summed E-state index contributed by atoms with van der Waals surface area (Å²) in [5.41, 5.74) is 3.09. The molecule has 0 aliphatic carbocycles. The van der Waals surface area contributed by atoms with Gasteiger partial charge in [0.25, 0.3) is 0 Å². The second-order valence-corrected chi connectivity index (χ2v) is 6.36. The molecule has 25 heavy (non-hydrogen) atoms. The molecule has 0 spiro atoms. The summed E-state index contributed by atoms with van der Waals surface area (Å²) in [6.45, 7) is 2.65. The number of phenolic OH excluding ortho intramolecular Hbond substituents is 1. The third-order valence-electron chi connectivity index (χ3n) is 4.33. The van der Waals surface area contributed by atoms with E-state index >= 15 is 0 Å². The van der Waals surface area contributed by atoms with Crippen LogP contribution in [0.3, 0.4) is 0 Å². The predicted molar refractivity (Wildman–Crippen MR) is 101 cm³/mol. The van der Waals surface area contributed by atoms with Crippen LogP contribution < -0.4 is 0 Å². The van der Waals surface area contributed by atoms with E-state index in [2.05, 4.69) is 19.1 Å². The van der Waals surface area contributed by atoms with Crippen LogP contribution in [-0.2, 0) is 22.4 Å². The van der Waals surface area contributed by atoms with Gasteiger partial charge in [-0.1, -0.05) is 68.7 Å². The largest absolute Gasteiger partial charge is 0.508 e. The minimum Gasteiger partial charge on any atom is -0.508 e. The third-order valence-corrected chi connectivity index (χ3v) is 4.33. The minimum atomic E-state index is -0.189. The van der Waals surface area contributed by atoms with Gasteiger partial charge in [-0.05, 0) is 42.0 Å². The van der Waals surface area contributed by atoms with Crippen molar-refractivity contribution >= 4 is 5.97 Å². The molecule has 0 saturated carbocycles. The second-order valence-electron chi connectivity index (χ2n) is 6.36. The van der Waals surface area contributed by atoms with Crippen LogP contribution in [0.25, 0.3) is 0 Å². The lowest BCUT2D eigenvalue weighted by molar-refractivity contribution is -0.143. The Morgan fingerprint density at radius 3 is 2.56 bits per heavy atom. The summed E-state index contributed by atoms with van der Waals surface area (Å²) >= 11 is 0. The predicted octanol–water partition coefficient (Wildman–Crippen LogP) is 5.04. The molecule has 0 aliphatic rings. The first kappa shape index (κ1) is 19.0. The van der Waals surface area contributed by atoms with Crippen molar-refractivity contribution in [3.8, 4) is 5.75 Å². The minimum absolute atomic E-state index is 0.189. The standard InChI is InChI=1S/C22H28O3/c1-2-3-4-8-16-25-22(24)15-14-20-19(12-9-13-21(20)23)17-18-10-6-5-7-11-18/h5-7,9-13,23H,2-4,8,14-17H2,1H3. The number of aromatic hydroxyl groups is 1. The van der Waals surface area contributed by atoms with Crippen LogP contribution in [0.2, 0.25) is 0 Å². The first-order valence-corrected chi connectivity index (χ1v) is 9.20. The van der Waals surface area contributed by atoms with Gasteiger partial charge in [-0.2, -0.15) is 0 Å². The zero-order valence-electron chi connectivity index (χ0n) is 15.0. The highest BCUT2D eigenvalue weighted by atomic mass is 16.5. The Hall–Kier alpha value is -2.29. The van der Waals surface area contributed by atoms with Gasteiger partial charge in [0, 0.05) is 6.42 Å². The molecule has 0 radical (unpaired) electrons. The molecule has 0 unspecified atom stereocenters. The van der Waals surface area contributed by atoms with Gasteiger partial charge < -0.3 is 9.84 Å². The van der Waals surface area contributed by atoms with E-state index in [4.69, 9.17) is 4.74 Å². The van der Waals surface area contributed by atoms with Crippen molar-refractivity contribution in [3.63, 3.8) is 0 Å². The van der Waals surface area contributed by atoms with E-state index in [0.717, 1.165) is 30.4 Å². The molecule has 0 aromatic heterocycles. The Morgan fingerprint density at radius 1 is 1.00 bits per heavy atom. The van der Waals surface area contributed by atoms with Gasteiger partial charge in [0.2, 0.25) is 0 Å². The molecular formula is C22H28O3. The number of esters is 1. The van der Waals surface area contributed by atoms with E-state index in [0.29, 0.717) is 19.4 Å². The summed E-state index contributed by atoms with van der Waals surface area (Å²) in [4.78, 5) is 11.9. The van der Waals surface area contributed by atoms with Crippen LogP contribution in [0.15, 0.2) is 48.5 Å². The van der Waals surface area contributed by atoms with Crippen LogP contribution in [0, 0.1) is 0 Å². The highest BCUT2D eigenvalue weighted by Gasteiger charge is 2.11. The van der Waals surface area contributed by atoms with Crippen LogP contribution in [0.5, 0.6) is 5.75 Å². The van der Waals surface area contributed by atoms with Crippen molar-refractivity contribution in [3.05, 3.63) is 65.2 Å². The van der Waals surface area contributed by atoms with E-state index in [1.54, 1.807) is 6.07 Å². The molecule has 0 amide bonds. The summed E-state index contributed by atoms with van der Waals surface area (Å²) in [6, 6.07) is 15.7. The molecule has 2 aromatic rings. The summed E-state index contributed by atoms with van der Waals surface area (Å²) in [5.74, 6) is 0.0644. The molecule has 2 aromatic carbocycles. The van der Waals surface area contributed by atoms with Gasteiger partial charge in [-0.3, -0.25) is 4.79 Å². The van der Waals surface area contributed by atoms with Gasteiger partial charge in [-0.15, -0.1) is 0 Å². The number of carbonyl (C=O) groups excluding carboxylic acids is 1. The van der Waals surface area contributed by atoms with Crippen LogP contribution in [0.4, 0.5) is 0 Å². The SMILES string of the molecule is CCCCCCOC(=O)CCc1c(O)cccc1Cc1ccccc1. The molecule has 0 aliphatic heterocycles. The second kappa shape index (κ2) is 10.5. The summed E-state index contributed by atoms with van der Waals surface area (Å²) in [6.07, 6.45) is 5.93. The maximum absolute atomic E-state index is 11.9. The summed E-state index contributed by atoms with van der Waals surface area (Å²) < 4.78 is 5.29. The van der Waals surface area contributed by atoms with Crippen molar-refractivity contribution < 1.29 is 14.6 Å². The number of rotatable bonds is 10. The number of benzene rings is 2. The molecule has 3 nitrogen and oxygen atoms in total. The van der Waals surface area contributed by atoms with Gasteiger partial charge in [0.1, 0.15) is 5.75 Å². The lowest BCUT2D eigenvalue weighted by Crippen LogP contribution is -2.08. The van der Waals surface area contributed by atoms with E-state index in [1.165, 1.54) is 18.4 Å². The topological polar surface area (TPSA) is 46.5 Å². The molecule has 0 heterocycles. The molecule has 0 atom stereocenters. The third kappa shape index (κ3) is 6.61. The molecule has 0 bridgehead atoms. The zero-order chi connectivity index (χ0) is 17.9. The smallest absolute Gasteiger partial charge is 0.306 e. The maximum Gasteiger partial charge on any atom is 0.306 e. The van der Waals surface area contributed by atoms with Gasteiger partial charge >= 0.3 is 5.97 Å². The molecular weight excluding hydrogens is 312 g/mol. The van der Waals surface area contributed by atoms with Crippen LogP contribution in [0.1, 0.15) is 55.7 Å². The lowest BCUT2D eigenvalue weighted by atomic mass is 9.96. The highest BCUT2D eigenvalue weighted by molar-refractivity contribution is 5.70. The van der Waals surface area contributed by atoms with Crippen molar-refractivity contribution in [2.24, 2.45) is 0 Å². The Morgan fingerprint density at radius 2 is 1.80 bits per heavy atom. The van der Waals surface area contributed by atoms with E-state index in [-0.39, 0.29) is 11.7 Å². The number of carbonyl (C=O) groups is 1. The fourth-order valence-corrected chi connectivity index (χ4v) is 2.91. The summed E-state index contributed by atoms with van der Waals surface area (Å²) in [7, 11) is 0. The molecule has 0 fully saturated rings. The lowest BCUT2D eigenvalue weighted by Gasteiger charge is -2.12. The number of hydrogen-bond donors (Lipinski definition) is 1.